The standard InChI is InChI=1S/C16H7F10/c17-12-7-2-1-6-11(12)9-4-3-5-10(8-9)13(18,15(21,22)23)14(19,20)16(24,25)26/h1-3,5-8H. The highest BCUT2D eigenvalue weighted by Crippen LogP contribution is 2.58. The minimum Gasteiger partial charge on any atom is -0.221 e. The van der Waals surface area contributed by atoms with E-state index in [9.17, 15) is 43.9 Å². The molecule has 0 aliphatic rings. The Balaban J connectivity index is 2.73. The van der Waals surface area contributed by atoms with Gasteiger partial charge in [0.1, 0.15) is 5.82 Å². The molecule has 0 amide bonds. The fourth-order valence-electron chi connectivity index (χ4n) is 2.23. The number of hydrogen-bond donors (Lipinski definition) is 0. The molecule has 0 aromatic heterocycles. The highest BCUT2D eigenvalue weighted by atomic mass is 19.4. The van der Waals surface area contributed by atoms with Gasteiger partial charge in [0.15, 0.2) is 0 Å². The maximum Gasteiger partial charge on any atom is 0.457 e. The van der Waals surface area contributed by atoms with Gasteiger partial charge in [-0.3, -0.25) is 0 Å². The minimum atomic E-state index is -6.82. The summed E-state index contributed by atoms with van der Waals surface area (Å²) in [5.41, 5.74) is -9.17. The molecular weight excluding hydrogens is 382 g/mol. The summed E-state index contributed by atoms with van der Waals surface area (Å²) in [5.74, 6) is -7.80. The normalized spacial score (nSPS) is 15.6. The number of rotatable bonds is 3. The van der Waals surface area contributed by atoms with Gasteiger partial charge >= 0.3 is 23.9 Å². The molecule has 2 aromatic carbocycles. The Morgan fingerprint density at radius 2 is 1.31 bits per heavy atom. The average Bonchev–Trinajstić information content (AvgIpc) is 2.52. The summed E-state index contributed by atoms with van der Waals surface area (Å²) in [6.45, 7) is 0. The number of benzene rings is 2. The van der Waals surface area contributed by atoms with Gasteiger partial charge in [-0.05, 0) is 23.8 Å². The van der Waals surface area contributed by atoms with Crippen LogP contribution < -0.4 is 0 Å². The van der Waals surface area contributed by atoms with E-state index in [0.29, 0.717) is 6.07 Å². The van der Waals surface area contributed by atoms with Gasteiger partial charge in [0, 0.05) is 11.1 Å². The largest absolute Gasteiger partial charge is 0.457 e. The molecule has 26 heavy (non-hydrogen) atoms. The first-order valence-electron chi connectivity index (χ1n) is 6.71. The summed E-state index contributed by atoms with van der Waals surface area (Å²) < 4.78 is 131. The van der Waals surface area contributed by atoms with E-state index in [-0.39, 0.29) is 12.1 Å². The van der Waals surface area contributed by atoms with Crippen LogP contribution in [0.15, 0.2) is 42.5 Å². The van der Waals surface area contributed by atoms with Crippen molar-refractivity contribution in [2.45, 2.75) is 23.9 Å². The maximum absolute atomic E-state index is 14.4. The fraction of sp³-hybridized carbons (Fsp3) is 0.250. The lowest BCUT2D eigenvalue weighted by molar-refractivity contribution is -0.389. The molecule has 0 aliphatic heterocycles. The summed E-state index contributed by atoms with van der Waals surface area (Å²) >= 11 is 0. The van der Waals surface area contributed by atoms with Crippen molar-refractivity contribution in [3.63, 3.8) is 0 Å². The van der Waals surface area contributed by atoms with Crippen molar-refractivity contribution in [2.24, 2.45) is 0 Å². The first-order chi connectivity index (χ1) is 11.7. The van der Waals surface area contributed by atoms with Crippen molar-refractivity contribution in [1.29, 1.82) is 0 Å². The zero-order valence-electron chi connectivity index (χ0n) is 12.3. The lowest BCUT2D eigenvalue weighted by Gasteiger charge is -2.36. The molecule has 0 nitrogen and oxygen atoms in total. The van der Waals surface area contributed by atoms with E-state index in [1.54, 1.807) is 0 Å². The van der Waals surface area contributed by atoms with Gasteiger partial charge < -0.3 is 0 Å². The van der Waals surface area contributed by atoms with E-state index in [2.05, 4.69) is 6.07 Å². The Bertz CT molecular complexity index is 790. The zero-order chi connectivity index (χ0) is 20.0. The van der Waals surface area contributed by atoms with Crippen LogP contribution in [0.1, 0.15) is 5.56 Å². The smallest absolute Gasteiger partial charge is 0.221 e. The molecule has 0 saturated heterocycles. The first-order valence-corrected chi connectivity index (χ1v) is 6.71. The van der Waals surface area contributed by atoms with Crippen LogP contribution in [0.25, 0.3) is 11.1 Å². The molecule has 2 rings (SSSR count). The Hall–Kier alpha value is -2.26. The molecule has 2 aromatic rings. The molecule has 0 saturated carbocycles. The van der Waals surface area contributed by atoms with Gasteiger partial charge in [-0.2, -0.15) is 35.1 Å². The quantitative estimate of drug-likeness (QED) is 0.547. The first kappa shape index (κ1) is 20.1. The molecule has 0 bridgehead atoms. The molecule has 0 heterocycles. The topological polar surface area (TPSA) is 0 Å². The SMILES string of the molecule is Fc1ccccc1-c1[c]ccc(C(F)(C(F)(F)F)C(F)(F)C(F)(F)F)c1. The number of halogens is 10. The molecule has 1 atom stereocenters. The number of hydrogen-bond acceptors (Lipinski definition) is 0. The predicted octanol–water partition coefficient (Wildman–Crippen LogP) is 6.22. The van der Waals surface area contributed by atoms with Crippen molar-refractivity contribution < 1.29 is 43.9 Å². The molecule has 1 unspecified atom stereocenters. The third kappa shape index (κ3) is 3.01. The van der Waals surface area contributed by atoms with Gasteiger partial charge in [-0.15, -0.1) is 0 Å². The molecule has 1 radical (unpaired) electrons. The monoisotopic (exact) mass is 389 g/mol. The maximum atomic E-state index is 14.4. The van der Waals surface area contributed by atoms with Crippen molar-refractivity contribution in [3.05, 3.63) is 59.9 Å². The Morgan fingerprint density at radius 3 is 1.81 bits per heavy atom. The van der Waals surface area contributed by atoms with Crippen molar-refractivity contribution >= 4 is 0 Å². The summed E-state index contributed by atoms with van der Waals surface area (Å²) in [4.78, 5) is 0. The van der Waals surface area contributed by atoms with Crippen molar-refractivity contribution in [1.82, 2.24) is 0 Å². The van der Waals surface area contributed by atoms with Gasteiger partial charge in [0.25, 0.3) is 0 Å². The van der Waals surface area contributed by atoms with E-state index in [1.807, 2.05) is 0 Å². The second-order valence-corrected chi connectivity index (χ2v) is 5.20. The molecule has 141 valence electrons. The highest BCUT2D eigenvalue weighted by Gasteiger charge is 2.81. The second kappa shape index (κ2) is 6.17. The molecule has 0 spiro atoms. The predicted molar refractivity (Wildman–Crippen MR) is 70.5 cm³/mol. The number of alkyl halides is 9. The lowest BCUT2D eigenvalue weighted by Crippen LogP contribution is -2.59. The van der Waals surface area contributed by atoms with Gasteiger partial charge in [-0.25, -0.2) is 8.78 Å². The van der Waals surface area contributed by atoms with Gasteiger partial charge in [0.05, 0.1) is 0 Å². The molecule has 0 N–H and O–H groups in total. The summed E-state index contributed by atoms with van der Waals surface area (Å²) in [6.07, 6.45) is -13.4. The van der Waals surface area contributed by atoms with Crippen molar-refractivity contribution in [2.75, 3.05) is 0 Å². The van der Waals surface area contributed by atoms with Crippen LogP contribution >= 0.6 is 0 Å². The Kier molecular flexibility index (Phi) is 4.76. The van der Waals surface area contributed by atoms with E-state index >= 15 is 0 Å². The average molecular weight is 389 g/mol. The van der Waals surface area contributed by atoms with E-state index < -0.39 is 46.5 Å². The van der Waals surface area contributed by atoms with E-state index in [4.69, 9.17) is 0 Å². The molecule has 0 aliphatic carbocycles. The summed E-state index contributed by atoms with van der Waals surface area (Å²) in [6, 6.07) is 7.14. The highest BCUT2D eigenvalue weighted by molar-refractivity contribution is 5.64. The van der Waals surface area contributed by atoms with Crippen LogP contribution in [0.3, 0.4) is 0 Å². The third-order valence-corrected chi connectivity index (χ3v) is 3.54. The van der Waals surface area contributed by atoms with E-state index in [1.165, 1.54) is 12.1 Å². The lowest BCUT2D eigenvalue weighted by atomic mass is 9.86. The fourth-order valence-corrected chi connectivity index (χ4v) is 2.23. The molecule has 10 heteroatoms. The van der Waals surface area contributed by atoms with Crippen LogP contribution in [0, 0.1) is 11.9 Å². The summed E-state index contributed by atoms with van der Waals surface area (Å²) in [7, 11) is 0. The molecular formula is C16H7F10. The van der Waals surface area contributed by atoms with Crippen LogP contribution in [-0.4, -0.2) is 18.3 Å². The van der Waals surface area contributed by atoms with Crippen LogP contribution in [0.4, 0.5) is 43.9 Å². The summed E-state index contributed by atoms with van der Waals surface area (Å²) in [5, 5.41) is 0. The van der Waals surface area contributed by atoms with Crippen molar-refractivity contribution in [3.8, 4) is 11.1 Å². The van der Waals surface area contributed by atoms with Crippen LogP contribution in [0.2, 0.25) is 0 Å². The van der Waals surface area contributed by atoms with E-state index in [0.717, 1.165) is 12.1 Å². The Morgan fingerprint density at radius 1 is 0.731 bits per heavy atom. The van der Waals surface area contributed by atoms with Crippen LogP contribution in [-0.2, 0) is 5.67 Å². The zero-order valence-corrected chi connectivity index (χ0v) is 12.3. The van der Waals surface area contributed by atoms with Crippen LogP contribution in [0.5, 0.6) is 0 Å². The van der Waals surface area contributed by atoms with Gasteiger partial charge in [0.2, 0.25) is 0 Å². The van der Waals surface area contributed by atoms with Gasteiger partial charge in [-0.1, -0.05) is 30.3 Å². The second-order valence-electron chi connectivity index (χ2n) is 5.20. The molecule has 0 fully saturated rings. The Labute approximate surface area is 140 Å². The third-order valence-electron chi connectivity index (χ3n) is 3.54. The minimum absolute atomic E-state index is 0.0611.